The van der Waals surface area contributed by atoms with Gasteiger partial charge in [0.1, 0.15) is 6.04 Å². The third-order valence-electron chi connectivity index (χ3n) is 4.50. The Labute approximate surface area is 172 Å². The molecular formula is C21H27ClN2O3S. The second-order valence-electron chi connectivity index (χ2n) is 6.80. The van der Waals surface area contributed by atoms with Crippen LogP contribution in [0.5, 0.6) is 0 Å². The molecule has 0 aliphatic heterocycles. The Balaban J connectivity index is 2.05. The molecule has 0 radical (unpaired) electrons. The molecule has 0 spiro atoms. The van der Waals surface area contributed by atoms with Gasteiger partial charge in [-0.15, -0.1) is 0 Å². The molecule has 2 aromatic rings. The fourth-order valence-corrected chi connectivity index (χ4v) is 4.50. The quantitative estimate of drug-likeness (QED) is 0.622. The Kier molecular flexibility index (Phi) is 7.89. The second-order valence-corrected chi connectivity index (χ2v) is 9.07. The third-order valence-corrected chi connectivity index (χ3v) is 6.05. The Morgan fingerprint density at radius 2 is 1.79 bits per heavy atom. The van der Waals surface area contributed by atoms with Crippen molar-refractivity contribution in [2.45, 2.75) is 39.2 Å². The molecule has 7 heteroatoms. The first-order valence-electron chi connectivity index (χ1n) is 9.31. The lowest BCUT2D eigenvalue weighted by Gasteiger charge is -2.30. The minimum Gasteiger partial charge on any atom is -0.354 e. The van der Waals surface area contributed by atoms with Crippen LogP contribution < -0.4 is 9.62 Å². The summed E-state index contributed by atoms with van der Waals surface area (Å²) in [7, 11) is -3.61. The van der Waals surface area contributed by atoms with Gasteiger partial charge >= 0.3 is 0 Å². The molecule has 0 unspecified atom stereocenters. The monoisotopic (exact) mass is 422 g/mol. The molecular weight excluding hydrogens is 396 g/mol. The molecule has 0 heterocycles. The summed E-state index contributed by atoms with van der Waals surface area (Å²) in [5.74, 6) is -0.298. The Morgan fingerprint density at radius 1 is 1.14 bits per heavy atom. The normalized spacial score (nSPS) is 12.4. The number of nitrogens with one attached hydrogen (secondary N) is 1. The van der Waals surface area contributed by atoms with Crippen LogP contribution >= 0.6 is 11.6 Å². The van der Waals surface area contributed by atoms with E-state index in [0.29, 0.717) is 23.7 Å². The van der Waals surface area contributed by atoms with E-state index in [0.717, 1.165) is 30.2 Å². The highest BCUT2D eigenvalue weighted by Crippen LogP contribution is 2.23. The van der Waals surface area contributed by atoms with E-state index in [-0.39, 0.29) is 5.91 Å². The van der Waals surface area contributed by atoms with Crippen LogP contribution in [-0.4, -0.2) is 33.2 Å². The van der Waals surface area contributed by atoms with Crippen LogP contribution in [0.15, 0.2) is 48.5 Å². The van der Waals surface area contributed by atoms with Gasteiger partial charge in [-0.05, 0) is 49.9 Å². The summed E-state index contributed by atoms with van der Waals surface area (Å²) in [5, 5.41) is 3.58. The molecule has 0 saturated carbocycles. The average Bonchev–Trinajstić information content (AvgIpc) is 2.64. The van der Waals surface area contributed by atoms with Crippen LogP contribution in [0.2, 0.25) is 5.02 Å². The molecule has 0 fully saturated rings. The van der Waals surface area contributed by atoms with Gasteiger partial charge in [0, 0.05) is 11.6 Å². The first kappa shape index (κ1) is 22.2. The van der Waals surface area contributed by atoms with Crippen LogP contribution in [0.25, 0.3) is 0 Å². The van der Waals surface area contributed by atoms with Crippen LogP contribution in [0, 0.1) is 6.92 Å². The second kappa shape index (κ2) is 9.94. The van der Waals surface area contributed by atoms with Gasteiger partial charge in [0.25, 0.3) is 0 Å². The van der Waals surface area contributed by atoms with Gasteiger partial charge in [-0.3, -0.25) is 9.10 Å². The predicted octanol–water partition coefficient (Wildman–Crippen LogP) is 3.94. The van der Waals surface area contributed by atoms with Crippen LogP contribution in [-0.2, 0) is 21.2 Å². The van der Waals surface area contributed by atoms with Crippen molar-refractivity contribution in [3.63, 3.8) is 0 Å². The molecule has 1 N–H and O–H groups in total. The van der Waals surface area contributed by atoms with E-state index in [1.807, 2.05) is 43.3 Å². The lowest BCUT2D eigenvalue weighted by atomic mass is 10.1. The average molecular weight is 423 g/mol. The van der Waals surface area contributed by atoms with Crippen molar-refractivity contribution in [2.75, 3.05) is 17.1 Å². The standard InChI is InChI=1S/C21H27ClN2O3S/c1-4-20(24(28(3,26)27)18-13-11-16(2)12-14-18)21(25)23-15-7-9-17-8-5-6-10-19(17)22/h5-6,8,10-14,20H,4,7,9,15H2,1-3H3,(H,23,25)/t20-/m1/s1. The SMILES string of the molecule is CC[C@H](C(=O)NCCCc1ccccc1Cl)N(c1ccc(C)cc1)S(C)(=O)=O. The highest BCUT2D eigenvalue weighted by molar-refractivity contribution is 7.92. The summed E-state index contributed by atoms with van der Waals surface area (Å²) in [4.78, 5) is 12.7. The number of aryl methyl sites for hydroxylation is 2. The third kappa shape index (κ3) is 5.97. The van der Waals surface area contributed by atoms with E-state index in [1.165, 1.54) is 4.31 Å². The smallest absolute Gasteiger partial charge is 0.243 e. The molecule has 1 atom stereocenters. The maximum Gasteiger partial charge on any atom is 0.243 e. The zero-order valence-electron chi connectivity index (χ0n) is 16.5. The van der Waals surface area contributed by atoms with Crippen molar-refractivity contribution < 1.29 is 13.2 Å². The maximum absolute atomic E-state index is 12.7. The number of carbonyl (C=O) groups is 1. The number of halogens is 1. The van der Waals surface area contributed by atoms with E-state index in [2.05, 4.69) is 5.32 Å². The van der Waals surface area contributed by atoms with Gasteiger partial charge in [0.2, 0.25) is 15.9 Å². The lowest BCUT2D eigenvalue weighted by Crippen LogP contribution is -2.49. The van der Waals surface area contributed by atoms with Crippen LogP contribution in [0.4, 0.5) is 5.69 Å². The van der Waals surface area contributed by atoms with E-state index in [4.69, 9.17) is 11.6 Å². The number of anilines is 1. The van der Waals surface area contributed by atoms with Gasteiger partial charge in [0.05, 0.1) is 11.9 Å². The van der Waals surface area contributed by atoms with Crippen molar-refractivity contribution in [1.29, 1.82) is 0 Å². The van der Waals surface area contributed by atoms with E-state index >= 15 is 0 Å². The topological polar surface area (TPSA) is 66.5 Å². The summed E-state index contributed by atoms with van der Waals surface area (Å²) in [6.45, 7) is 4.18. The molecule has 2 rings (SSSR count). The number of hydrogen-bond donors (Lipinski definition) is 1. The lowest BCUT2D eigenvalue weighted by molar-refractivity contribution is -0.122. The summed E-state index contributed by atoms with van der Waals surface area (Å²) in [6.07, 6.45) is 2.96. The molecule has 28 heavy (non-hydrogen) atoms. The van der Waals surface area contributed by atoms with Gasteiger partial charge in [-0.2, -0.15) is 0 Å². The fourth-order valence-electron chi connectivity index (χ4n) is 3.06. The van der Waals surface area contributed by atoms with E-state index in [1.54, 1.807) is 19.1 Å². The molecule has 0 aliphatic rings. The summed E-state index contributed by atoms with van der Waals surface area (Å²) >= 11 is 6.15. The highest BCUT2D eigenvalue weighted by Gasteiger charge is 2.31. The summed E-state index contributed by atoms with van der Waals surface area (Å²) in [6, 6.07) is 13.9. The number of rotatable bonds is 9. The zero-order chi connectivity index (χ0) is 20.7. The summed E-state index contributed by atoms with van der Waals surface area (Å²) < 4.78 is 26.0. The van der Waals surface area contributed by atoms with Gasteiger partial charge in [-0.25, -0.2) is 8.42 Å². The highest BCUT2D eigenvalue weighted by atomic mass is 35.5. The largest absolute Gasteiger partial charge is 0.354 e. The molecule has 152 valence electrons. The van der Waals surface area contributed by atoms with Crippen molar-refractivity contribution in [3.8, 4) is 0 Å². The minimum atomic E-state index is -3.61. The fraction of sp³-hybridized carbons (Fsp3) is 0.381. The van der Waals surface area contributed by atoms with Gasteiger partial charge in [0.15, 0.2) is 0 Å². The molecule has 0 aromatic heterocycles. The van der Waals surface area contributed by atoms with Gasteiger partial charge in [-0.1, -0.05) is 54.4 Å². The van der Waals surface area contributed by atoms with Crippen molar-refractivity contribution in [1.82, 2.24) is 5.32 Å². The number of benzene rings is 2. The molecule has 0 saturated heterocycles. The van der Waals surface area contributed by atoms with Crippen molar-refractivity contribution >= 4 is 33.2 Å². The minimum absolute atomic E-state index is 0.298. The predicted molar refractivity (Wildman–Crippen MR) is 115 cm³/mol. The van der Waals surface area contributed by atoms with Crippen LogP contribution in [0.3, 0.4) is 0 Å². The molecule has 1 amide bonds. The Hall–Kier alpha value is -2.05. The number of carbonyl (C=O) groups excluding carboxylic acids is 1. The number of hydrogen-bond acceptors (Lipinski definition) is 3. The van der Waals surface area contributed by atoms with E-state index in [9.17, 15) is 13.2 Å². The maximum atomic E-state index is 12.7. The first-order valence-corrected chi connectivity index (χ1v) is 11.5. The summed E-state index contributed by atoms with van der Waals surface area (Å²) in [5.41, 5.74) is 2.54. The van der Waals surface area contributed by atoms with E-state index < -0.39 is 16.1 Å². The Bertz CT molecular complexity index is 898. The van der Waals surface area contributed by atoms with Crippen LogP contribution in [0.1, 0.15) is 30.9 Å². The zero-order valence-corrected chi connectivity index (χ0v) is 18.1. The Morgan fingerprint density at radius 3 is 2.36 bits per heavy atom. The molecule has 2 aromatic carbocycles. The number of amides is 1. The van der Waals surface area contributed by atoms with Gasteiger partial charge < -0.3 is 5.32 Å². The van der Waals surface area contributed by atoms with Crippen molar-refractivity contribution in [2.24, 2.45) is 0 Å². The van der Waals surface area contributed by atoms with Crippen molar-refractivity contribution in [3.05, 3.63) is 64.7 Å². The molecule has 5 nitrogen and oxygen atoms in total. The first-order chi connectivity index (χ1) is 13.2. The molecule has 0 bridgehead atoms. The molecule has 0 aliphatic carbocycles. The number of sulfonamides is 1. The number of nitrogens with zero attached hydrogens (tertiary/aromatic N) is 1.